The molecule has 156 valence electrons. The largest absolute Gasteiger partial charge is 0.490 e. The summed E-state index contributed by atoms with van der Waals surface area (Å²) in [5.74, 6) is 1.18. The number of nitrogens with one attached hydrogen (secondary N) is 1. The fraction of sp³-hybridized carbons (Fsp3) is 0.174. The van der Waals surface area contributed by atoms with Crippen molar-refractivity contribution >= 4 is 16.2 Å². The van der Waals surface area contributed by atoms with Crippen molar-refractivity contribution in [3.8, 4) is 11.5 Å². The Balaban J connectivity index is 1.69. The van der Waals surface area contributed by atoms with Gasteiger partial charge in [-0.25, -0.2) is 4.83 Å². The van der Waals surface area contributed by atoms with E-state index >= 15 is 0 Å². The minimum atomic E-state index is -3.71. The maximum atomic E-state index is 12.2. The van der Waals surface area contributed by atoms with Gasteiger partial charge in [-0.05, 0) is 55.3 Å². The molecule has 0 spiro atoms. The van der Waals surface area contributed by atoms with Gasteiger partial charge in [-0.2, -0.15) is 13.5 Å². The number of hydrogen-bond acceptors (Lipinski definition) is 5. The van der Waals surface area contributed by atoms with Crippen LogP contribution in [0, 0.1) is 6.92 Å². The molecule has 30 heavy (non-hydrogen) atoms. The van der Waals surface area contributed by atoms with Crippen molar-refractivity contribution in [2.24, 2.45) is 5.10 Å². The summed E-state index contributed by atoms with van der Waals surface area (Å²) in [6, 6.07) is 21.5. The summed E-state index contributed by atoms with van der Waals surface area (Å²) in [5.41, 5.74) is 2.93. The number of benzene rings is 3. The van der Waals surface area contributed by atoms with Crippen molar-refractivity contribution in [1.82, 2.24) is 4.83 Å². The van der Waals surface area contributed by atoms with E-state index in [1.54, 1.807) is 36.4 Å². The Morgan fingerprint density at radius 2 is 1.67 bits per heavy atom. The van der Waals surface area contributed by atoms with Gasteiger partial charge in [0.25, 0.3) is 10.0 Å². The fourth-order valence-electron chi connectivity index (χ4n) is 2.66. The van der Waals surface area contributed by atoms with Gasteiger partial charge in [0.2, 0.25) is 0 Å². The highest BCUT2D eigenvalue weighted by Crippen LogP contribution is 2.29. The van der Waals surface area contributed by atoms with Gasteiger partial charge in [-0.1, -0.05) is 48.0 Å². The van der Waals surface area contributed by atoms with E-state index < -0.39 is 10.0 Å². The number of nitrogens with zero attached hydrogens (tertiary/aromatic N) is 1. The molecule has 0 bridgehead atoms. The van der Waals surface area contributed by atoms with Crippen molar-refractivity contribution in [3.63, 3.8) is 0 Å². The zero-order chi connectivity index (χ0) is 21.4. The molecular formula is C23H24N2O4S. The van der Waals surface area contributed by atoms with Crippen LogP contribution in [0.1, 0.15) is 23.6 Å². The molecule has 0 radical (unpaired) electrons. The Kier molecular flexibility index (Phi) is 7.08. The molecular weight excluding hydrogens is 400 g/mol. The van der Waals surface area contributed by atoms with Gasteiger partial charge >= 0.3 is 0 Å². The van der Waals surface area contributed by atoms with Crippen molar-refractivity contribution in [1.29, 1.82) is 0 Å². The van der Waals surface area contributed by atoms with Gasteiger partial charge in [0.1, 0.15) is 6.61 Å². The minimum Gasteiger partial charge on any atom is -0.490 e. The maximum absolute atomic E-state index is 12.2. The number of rotatable bonds is 9. The van der Waals surface area contributed by atoms with Gasteiger partial charge in [0, 0.05) is 0 Å². The van der Waals surface area contributed by atoms with Crippen molar-refractivity contribution in [3.05, 3.63) is 89.5 Å². The van der Waals surface area contributed by atoms with E-state index in [1.165, 1.54) is 23.9 Å². The SMILES string of the molecule is CCOc1cc(C=NNS(=O)(=O)c2ccccc2)ccc1OCc1ccc(C)cc1. The van der Waals surface area contributed by atoms with Crippen LogP contribution in [0.2, 0.25) is 0 Å². The summed E-state index contributed by atoms with van der Waals surface area (Å²) in [6.07, 6.45) is 1.42. The zero-order valence-electron chi connectivity index (χ0n) is 16.9. The molecule has 7 heteroatoms. The molecule has 0 saturated heterocycles. The highest BCUT2D eigenvalue weighted by atomic mass is 32.2. The number of ether oxygens (including phenoxy) is 2. The van der Waals surface area contributed by atoms with E-state index in [0.29, 0.717) is 30.3 Å². The van der Waals surface area contributed by atoms with Crippen LogP contribution in [0.3, 0.4) is 0 Å². The van der Waals surface area contributed by atoms with Crippen LogP contribution in [0.15, 0.2) is 82.8 Å². The average Bonchev–Trinajstić information content (AvgIpc) is 2.75. The Labute approximate surface area is 177 Å². The first-order valence-electron chi connectivity index (χ1n) is 9.53. The summed E-state index contributed by atoms with van der Waals surface area (Å²) >= 11 is 0. The molecule has 0 saturated carbocycles. The lowest BCUT2D eigenvalue weighted by Gasteiger charge is -2.13. The quantitative estimate of drug-likeness (QED) is 0.411. The van der Waals surface area contributed by atoms with Gasteiger partial charge < -0.3 is 9.47 Å². The lowest BCUT2D eigenvalue weighted by molar-refractivity contribution is 0.269. The standard InChI is InChI=1S/C23H24N2O4S/c1-3-28-23-15-20(16-24-25-30(26,27)21-7-5-4-6-8-21)13-14-22(23)29-17-19-11-9-18(2)10-12-19/h4-16,25H,3,17H2,1-2H3. The first-order chi connectivity index (χ1) is 14.5. The molecule has 0 aromatic heterocycles. The molecule has 0 unspecified atom stereocenters. The van der Waals surface area contributed by atoms with E-state index in [0.717, 1.165) is 5.56 Å². The molecule has 3 aromatic carbocycles. The Bertz CT molecular complexity index is 1100. The van der Waals surface area contributed by atoms with E-state index in [4.69, 9.17) is 9.47 Å². The summed E-state index contributed by atoms with van der Waals surface area (Å²) in [6.45, 7) is 4.82. The second-order valence-corrected chi connectivity index (χ2v) is 8.24. The zero-order valence-corrected chi connectivity index (χ0v) is 17.7. The monoisotopic (exact) mass is 424 g/mol. The second-order valence-electron chi connectivity index (χ2n) is 6.58. The molecule has 0 aliphatic heterocycles. The first kappa shape index (κ1) is 21.4. The van der Waals surface area contributed by atoms with E-state index in [1.807, 2.05) is 38.1 Å². The normalized spacial score (nSPS) is 11.4. The molecule has 3 aromatic rings. The maximum Gasteiger partial charge on any atom is 0.276 e. The Hall–Kier alpha value is -3.32. The molecule has 0 aliphatic carbocycles. The van der Waals surface area contributed by atoms with Crippen LogP contribution in [-0.2, 0) is 16.6 Å². The van der Waals surface area contributed by atoms with Gasteiger partial charge in [-0.15, -0.1) is 0 Å². The van der Waals surface area contributed by atoms with Gasteiger partial charge in [-0.3, -0.25) is 0 Å². The van der Waals surface area contributed by atoms with Gasteiger partial charge in [0.05, 0.1) is 17.7 Å². The molecule has 1 N–H and O–H groups in total. The number of aryl methyl sites for hydroxylation is 1. The molecule has 0 amide bonds. The highest BCUT2D eigenvalue weighted by molar-refractivity contribution is 7.89. The van der Waals surface area contributed by atoms with E-state index in [2.05, 4.69) is 9.93 Å². The summed E-state index contributed by atoms with van der Waals surface area (Å²) in [5, 5.41) is 3.86. The molecule has 0 atom stereocenters. The Morgan fingerprint density at radius 3 is 2.37 bits per heavy atom. The van der Waals surface area contributed by atoms with Crippen molar-refractivity contribution in [2.45, 2.75) is 25.3 Å². The summed E-state index contributed by atoms with van der Waals surface area (Å²) < 4.78 is 36.0. The van der Waals surface area contributed by atoms with E-state index in [9.17, 15) is 8.42 Å². The summed E-state index contributed by atoms with van der Waals surface area (Å²) in [4.78, 5) is 2.36. The van der Waals surface area contributed by atoms with Gasteiger partial charge in [0.15, 0.2) is 11.5 Å². The molecule has 6 nitrogen and oxygen atoms in total. The average molecular weight is 425 g/mol. The lowest BCUT2D eigenvalue weighted by Crippen LogP contribution is -2.18. The van der Waals surface area contributed by atoms with Crippen LogP contribution in [0.4, 0.5) is 0 Å². The third kappa shape index (κ3) is 5.84. The topological polar surface area (TPSA) is 77.0 Å². The predicted molar refractivity (Wildman–Crippen MR) is 117 cm³/mol. The number of sulfonamides is 1. The van der Waals surface area contributed by atoms with Crippen LogP contribution < -0.4 is 14.3 Å². The Morgan fingerprint density at radius 1 is 0.933 bits per heavy atom. The highest BCUT2D eigenvalue weighted by Gasteiger charge is 2.11. The third-order valence-electron chi connectivity index (χ3n) is 4.22. The van der Waals surface area contributed by atoms with Crippen molar-refractivity contribution < 1.29 is 17.9 Å². The van der Waals surface area contributed by atoms with E-state index in [-0.39, 0.29) is 4.90 Å². The van der Waals surface area contributed by atoms with Crippen LogP contribution >= 0.6 is 0 Å². The first-order valence-corrected chi connectivity index (χ1v) is 11.0. The van der Waals surface area contributed by atoms with Crippen LogP contribution in [-0.4, -0.2) is 21.2 Å². The predicted octanol–water partition coefficient (Wildman–Crippen LogP) is 4.29. The minimum absolute atomic E-state index is 0.150. The molecule has 3 rings (SSSR count). The van der Waals surface area contributed by atoms with Crippen LogP contribution in [0.25, 0.3) is 0 Å². The lowest BCUT2D eigenvalue weighted by atomic mass is 10.2. The molecule has 0 fully saturated rings. The summed E-state index contributed by atoms with van der Waals surface area (Å²) in [7, 11) is -3.71. The number of hydrogen-bond donors (Lipinski definition) is 1. The third-order valence-corrected chi connectivity index (χ3v) is 5.46. The number of hydrazone groups is 1. The molecule has 0 heterocycles. The molecule has 0 aliphatic rings. The second kappa shape index (κ2) is 9.93. The van der Waals surface area contributed by atoms with Crippen LogP contribution in [0.5, 0.6) is 11.5 Å². The van der Waals surface area contributed by atoms with Crippen molar-refractivity contribution in [2.75, 3.05) is 6.61 Å². The fourth-order valence-corrected chi connectivity index (χ4v) is 3.47. The smallest absolute Gasteiger partial charge is 0.276 e.